The molecule has 0 spiro atoms. The van der Waals surface area contributed by atoms with Crippen molar-refractivity contribution in [2.75, 3.05) is 0 Å². The minimum Gasteiger partial charge on any atom is -0.481 e. The molecule has 214 valence electrons. The maximum absolute atomic E-state index is 12.3. The molecule has 1 N–H and O–H groups in total. The summed E-state index contributed by atoms with van der Waals surface area (Å²) in [5.41, 5.74) is 0. The van der Waals surface area contributed by atoms with Crippen LogP contribution in [0.3, 0.4) is 0 Å². The van der Waals surface area contributed by atoms with Gasteiger partial charge in [0.2, 0.25) is 0 Å². The molecule has 0 amide bonds. The van der Waals surface area contributed by atoms with Crippen molar-refractivity contribution in [3.8, 4) is 0 Å². The molecular formula is C32H62O4. The van der Waals surface area contributed by atoms with Gasteiger partial charge in [0.1, 0.15) is 6.10 Å². The third-order valence-electron chi connectivity index (χ3n) is 7.34. The molecule has 0 aromatic heterocycles. The number of carboxylic acid groups (broad SMARTS) is 1. The first-order valence-electron chi connectivity index (χ1n) is 16.0. The Bertz CT molecular complexity index is 477. The number of hydrogen-bond acceptors (Lipinski definition) is 3. The number of unbranched alkanes of at least 4 members (excludes halogenated alkanes) is 21. The summed E-state index contributed by atoms with van der Waals surface area (Å²) in [7, 11) is 0. The van der Waals surface area contributed by atoms with Crippen molar-refractivity contribution in [3.63, 3.8) is 0 Å². The minimum absolute atomic E-state index is 0.0780. The molecule has 0 saturated carbocycles. The number of carbonyl (C=O) groups is 2. The largest absolute Gasteiger partial charge is 0.481 e. The lowest BCUT2D eigenvalue weighted by molar-refractivity contribution is -0.151. The maximum Gasteiger partial charge on any atom is 0.306 e. The van der Waals surface area contributed by atoms with Crippen LogP contribution in [0.5, 0.6) is 0 Å². The number of rotatable bonds is 29. The Kier molecular flexibility index (Phi) is 27.7. The molecule has 0 saturated heterocycles. The van der Waals surface area contributed by atoms with Crippen molar-refractivity contribution in [2.45, 2.75) is 193 Å². The van der Waals surface area contributed by atoms with Crippen LogP contribution in [-0.4, -0.2) is 23.1 Å². The van der Waals surface area contributed by atoms with Gasteiger partial charge in [-0.05, 0) is 25.7 Å². The Hall–Kier alpha value is -1.06. The van der Waals surface area contributed by atoms with Crippen molar-refractivity contribution < 1.29 is 19.4 Å². The van der Waals surface area contributed by atoms with Crippen LogP contribution >= 0.6 is 0 Å². The normalized spacial score (nSPS) is 12.1. The van der Waals surface area contributed by atoms with Gasteiger partial charge in [0.15, 0.2) is 0 Å². The number of carboxylic acids is 1. The van der Waals surface area contributed by atoms with Crippen LogP contribution in [0.2, 0.25) is 0 Å². The Morgan fingerprint density at radius 3 is 1.25 bits per heavy atom. The fourth-order valence-electron chi connectivity index (χ4n) is 4.94. The summed E-state index contributed by atoms with van der Waals surface area (Å²) in [5, 5.41) is 9.04. The predicted molar refractivity (Wildman–Crippen MR) is 154 cm³/mol. The number of hydrogen-bond donors (Lipinski definition) is 1. The van der Waals surface area contributed by atoms with Crippen LogP contribution in [0.1, 0.15) is 187 Å². The Morgan fingerprint density at radius 2 is 0.861 bits per heavy atom. The summed E-state index contributed by atoms with van der Waals surface area (Å²) in [6, 6.07) is 0. The summed E-state index contributed by atoms with van der Waals surface area (Å²) >= 11 is 0. The lowest BCUT2D eigenvalue weighted by atomic mass is 10.0. The molecule has 0 aliphatic heterocycles. The van der Waals surface area contributed by atoms with E-state index >= 15 is 0 Å². The zero-order valence-corrected chi connectivity index (χ0v) is 24.3. The summed E-state index contributed by atoms with van der Waals surface area (Å²) in [4.78, 5) is 23.3. The lowest BCUT2D eigenvalue weighted by Gasteiger charge is -2.17. The Morgan fingerprint density at radius 1 is 0.500 bits per heavy atom. The zero-order valence-electron chi connectivity index (χ0n) is 24.3. The smallest absolute Gasteiger partial charge is 0.306 e. The van der Waals surface area contributed by atoms with E-state index in [9.17, 15) is 9.59 Å². The summed E-state index contributed by atoms with van der Waals surface area (Å²) < 4.78 is 5.69. The average molecular weight is 511 g/mol. The Labute approximate surface area is 224 Å². The van der Waals surface area contributed by atoms with Crippen LogP contribution in [0.15, 0.2) is 0 Å². The van der Waals surface area contributed by atoms with E-state index in [1.807, 2.05) is 0 Å². The van der Waals surface area contributed by atoms with E-state index in [2.05, 4.69) is 13.8 Å². The van der Waals surface area contributed by atoms with Gasteiger partial charge in [0, 0.05) is 12.8 Å². The molecule has 0 aliphatic carbocycles. The van der Waals surface area contributed by atoms with Gasteiger partial charge in [0.25, 0.3) is 0 Å². The number of aliphatic carboxylic acids is 1. The highest BCUT2D eigenvalue weighted by Crippen LogP contribution is 2.17. The van der Waals surface area contributed by atoms with Crippen molar-refractivity contribution in [2.24, 2.45) is 0 Å². The van der Waals surface area contributed by atoms with Crippen molar-refractivity contribution in [1.82, 2.24) is 0 Å². The summed E-state index contributed by atoms with van der Waals surface area (Å²) in [6.07, 6.45) is 31.0. The molecule has 36 heavy (non-hydrogen) atoms. The maximum atomic E-state index is 12.3. The predicted octanol–water partition coefficient (Wildman–Crippen LogP) is 10.6. The van der Waals surface area contributed by atoms with Gasteiger partial charge in [-0.3, -0.25) is 9.59 Å². The van der Waals surface area contributed by atoms with Gasteiger partial charge in [0.05, 0.1) is 0 Å². The molecule has 0 aromatic carbocycles. The molecular weight excluding hydrogens is 448 g/mol. The third-order valence-corrected chi connectivity index (χ3v) is 7.34. The van der Waals surface area contributed by atoms with E-state index in [0.29, 0.717) is 12.8 Å². The highest BCUT2D eigenvalue weighted by molar-refractivity contribution is 5.69. The van der Waals surface area contributed by atoms with Crippen LogP contribution in [0.25, 0.3) is 0 Å². The number of esters is 1. The van der Waals surface area contributed by atoms with Crippen molar-refractivity contribution in [1.29, 1.82) is 0 Å². The molecule has 1 unspecified atom stereocenters. The van der Waals surface area contributed by atoms with Crippen LogP contribution < -0.4 is 0 Å². The van der Waals surface area contributed by atoms with Crippen LogP contribution in [0.4, 0.5) is 0 Å². The zero-order chi connectivity index (χ0) is 26.5. The molecule has 0 heterocycles. The first-order chi connectivity index (χ1) is 17.6. The van der Waals surface area contributed by atoms with E-state index in [1.165, 1.54) is 122 Å². The van der Waals surface area contributed by atoms with Gasteiger partial charge >= 0.3 is 11.9 Å². The van der Waals surface area contributed by atoms with Gasteiger partial charge in [-0.15, -0.1) is 0 Å². The second-order valence-electron chi connectivity index (χ2n) is 11.0. The highest BCUT2D eigenvalue weighted by Gasteiger charge is 2.15. The van der Waals surface area contributed by atoms with Crippen LogP contribution in [0, 0.1) is 0 Å². The SMILES string of the molecule is CCCCCCCCCCCCCCC(CCC(=O)O)OC(=O)CCCCCCCCCCCCC. The first-order valence-corrected chi connectivity index (χ1v) is 16.0. The van der Waals surface area contributed by atoms with Gasteiger partial charge in [-0.25, -0.2) is 0 Å². The highest BCUT2D eigenvalue weighted by atomic mass is 16.5. The molecule has 4 nitrogen and oxygen atoms in total. The monoisotopic (exact) mass is 510 g/mol. The van der Waals surface area contributed by atoms with E-state index in [0.717, 1.165) is 32.1 Å². The first kappa shape index (κ1) is 34.9. The fraction of sp³-hybridized carbons (Fsp3) is 0.938. The van der Waals surface area contributed by atoms with Gasteiger partial charge in [-0.2, -0.15) is 0 Å². The van der Waals surface area contributed by atoms with E-state index in [-0.39, 0.29) is 18.5 Å². The average Bonchev–Trinajstić information content (AvgIpc) is 2.86. The number of ether oxygens (including phenoxy) is 1. The minimum atomic E-state index is -0.809. The lowest BCUT2D eigenvalue weighted by Crippen LogP contribution is -2.19. The van der Waals surface area contributed by atoms with Crippen molar-refractivity contribution >= 4 is 11.9 Å². The molecule has 0 aliphatic rings. The molecule has 0 radical (unpaired) electrons. The Balaban J connectivity index is 3.77. The number of carbonyl (C=O) groups excluding carboxylic acids is 1. The topological polar surface area (TPSA) is 63.6 Å². The molecule has 1 atom stereocenters. The van der Waals surface area contributed by atoms with E-state index < -0.39 is 5.97 Å². The molecule has 0 aromatic rings. The summed E-state index contributed by atoms with van der Waals surface area (Å²) in [6.45, 7) is 4.52. The third kappa shape index (κ3) is 27.5. The summed E-state index contributed by atoms with van der Waals surface area (Å²) in [5.74, 6) is -0.948. The van der Waals surface area contributed by atoms with Crippen molar-refractivity contribution in [3.05, 3.63) is 0 Å². The second-order valence-corrected chi connectivity index (χ2v) is 11.0. The molecule has 0 rings (SSSR count). The van der Waals surface area contributed by atoms with Crippen LogP contribution in [-0.2, 0) is 14.3 Å². The van der Waals surface area contributed by atoms with E-state index in [4.69, 9.17) is 9.84 Å². The quantitative estimate of drug-likeness (QED) is 0.0802. The molecule has 0 bridgehead atoms. The fourth-order valence-corrected chi connectivity index (χ4v) is 4.94. The second kappa shape index (κ2) is 28.5. The van der Waals surface area contributed by atoms with Gasteiger partial charge < -0.3 is 9.84 Å². The molecule has 0 fully saturated rings. The van der Waals surface area contributed by atoms with Gasteiger partial charge in [-0.1, -0.05) is 149 Å². The standard InChI is InChI=1S/C32H62O4/c1-3-5-7-9-11-13-15-17-18-20-22-24-26-30(28-29-31(33)34)36-32(35)27-25-23-21-19-16-14-12-10-8-6-4-2/h30H,3-29H2,1-2H3,(H,33,34). The van der Waals surface area contributed by atoms with E-state index in [1.54, 1.807) is 0 Å². The molecule has 4 heteroatoms.